The first-order chi connectivity index (χ1) is 5.25. The van der Waals surface area contributed by atoms with Gasteiger partial charge >= 0.3 is 0 Å². The molecule has 1 amide bonds. The Balaban J connectivity index is 4.32. The van der Waals surface area contributed by atoms with Crippen LogP contribution in [0.3, 0.4) is 0 Å². The van der Waals surface area contributed by atoms with E-state index in [1.165, 1.54) is 0 Å². The van der Waals surface area contributed by atoms with Gasteiger partial charge in [-0.25, -0.2) is 0 Å². The van der Waals surface area contributed by atoms with Gasteiger partial charge in [-0.2, -0.15) is 0 Å². The van der Waals surface area contributed by atoms with E-state index in [2.05, 4.69) is 21.2 Å². The maximum absolute atomic E-state index is 11.1. The molecule has 0 aliphatic heterocycles. The Morgan fingerprint density at radius 1 is 1.33 bits per heavy atom. The summed E-state index contributed by atoms with van der Waals surface area (Å²) in [6.45, 7) is 5.09. The van der Waals surface area contributed by atoms with E-state index < -0.39 is 16.0 Å². The number of hydrogen-bond acceptors (Lipinski definition) is 3. The third-order valence-electron chi connectivity index (χ3n) is 1.11. The number of nitrogens with one attached hydrogen (secondary N) is 1. The minimum atomic E-state index is -0.601. The van der Waals surface area contributed by atoms with Gasteiger partial charge in [0.05, 0.1) is 0 Å². The molecule has 3 N–H and O–H groups in total. The van der Waals surface area contributed by atoms with Crippen molar-refractivity contribution in [3.05, 3.63) is 10.6 Å². The van der Waals surface area contributed by atoms with Gasteiger partial charge in [0, 0.05) is 5.41 Å². The smallest absolute Gasteiger partial charge is 0.242 e. The second kappa shape index (κ2) is 3.80. The van der Waals surface area contributed by atoms with Crippen molar-refractivity contribution in [2.24, 2.45) is 5.41 Å². The third kappa shape index (κ3) is 3.61. The fourth-order valence-electron chi connectivity index (χ4n) is 0.347. The van der Waals surface area contributed by atoms with Crippen LogP contribution in [0.25, 0.3) is 0 Å². The van der Waals surface area contributed by atoms with E-state index in [-0.39, 0.29) is 5.91 Å². The molecule has 0 atom stereocenters. The molecule has 0 fully saturated rings. The van der Waals surface area contributed by atoms with Crippen molar-refractivity contribution < 1.29 is 15.0 Å². The van der Waals surface area contributed by atoms with Gasteiger partial charge in [-0.3, -0.25) is 10.1 Å². The average Bonchev–Trinajstić information content (AvgIpc) is 1.85. The number of aliphatic hydroxyl groups is 2. The Morgan fingerprint density at radius 2 is 1.75 bits per heavy atom. The summed E-state index contributed by atoms with van der Waals surface area (Å²) in [6, 6.07) is 0. The highest BCUT2D eigenvalue weighted by Crippen LogP contribution is 2.14. The van der Waals surface area contributed by atoms with Crippen molar-refractivity contribution in [1.82, 2.24) is 5.32 Å². The zero-order chi connectivity index (χ0) is 9.94. The van der Waals surface area contributed by atoms with Crippen LogP contribution in [0.15, 0.2) is 10.6 Å². The lowest BCUT2D eigenvalue weighted by atomic mass is 9.96. The van der Waals surface area contributed by atoms with E-state index in [9.17, 15) is 4.79 Å². The van der Waals surface area contributed by atoms with Crippen LogP contribution < -0.4 is 5.32 Å². The van der Waals surface area contributed by atoms with Crippen molar-refractivity contribution in [1.29, 1.82) is 0 Å². The van der Waals surface area contributed by atoms with E-state index in [1.54, 1.807) is 20.8 Å². The van der Waals surface area contributed by atoms with Gasteiger partial charge in [-0.1, -0.05) is 20.8 Å². The highest BCUT2D eigenvalue weighted by atomic mass is 79.9. The lowest BCUT2D eigenvalue weighted by Gasteiger charge is -2.16. The number of carbonyl (C=O) groups excluding carboxylic acids is 1. The number of aliphatic hydroxyl groups excluding tert-OH is 2. The molecular weight excluding hydrogens is 226 g/mol. The first kappa shape index (κ1) is 11.3. The summed E-state index contributed by atoms with van der Waals surface area (Å²) in [5.41, 5.74) is -0.601. The topological polar surface area (TPSA) is 69.6 Å². The monoisotopic (exact) mass is 237 g/mol. The van der Waals surface area contributed by atoms with Crippen LogP contribution in [0.4, 0.5) is 0 Å². The molecule has 0 aromatic heterocycles. The van der Waals surface area contributed by atoms with Crippen molar-refractivity contribution in [2.45, 2.75) is 20.8 Å². The highest BCUT2D eigenvalue weighted by Gasteiger charge is 2.22. The predicted octanol–water partition coefficient (Wildman–Crippen LogP) is 1.79. The van der Waals surface area contributed by atoms with Gasteiger partial charge < -0.3 is 10.2 Å². The summed E-state index contributed by atoms with van der Waals surface area (Å²) >= 11 is 2.61. The van der Waals surface area contributed by atoms with Crippen molar-refractivity contribution >= 4 is 21.8 Å². The van der Waals surface area contributed by atoms with Crippen molar-refractivity contribution in [3.63, 3.8) is 0 Å². The van der Waals surface area contributed by atoms with Gasteiger partial charge in [0.1, 0.15) is 0 Å². The Bertz CT molecular complexity index is 213. The summed E-state index contributed by atoms with van der Waals surface area (Å²) < 4.78 is -0.486. The Labute approximate surface area is 79.4 Å². The molecule has 0 radical (unpaired) electrons. The lowest BCUT2D eigenvalue weighted by Crippen LogP contribution is -2.34. The van der Waals surface area contributed by atoms with Gasteiger partial charge in [-0.15, -0.1) is 0 Å². The molecule has 0 heterocycles. The zero-order valence-electron chi connectivity index (χ0n) is 7.18. The van der Waals surface area contributed by atoms with Gasteiger partial charge in [-0.05, 0) is 15.9 Å². The highest BCUT2D eigenvalue weighted by molar-refractivity contribution is 9.11. The van der Waals surface area contributed by atoms with Crippen molar-refractivity contribution in [2.75, 3.05) is 0 Å². The van der Waals surface area contributed by atoms with Crippen LogP contribution in [-0.4, -0.2) is 16.1 Å². The third-order valence-corrected chi connectivity index (χ3v) is 1.48. The first-order valence-corrected chi connectivity index (χ1v) is 4.13. The molecule has 0 aromatic rings. The molecule has 0 rings (SSSR count). The van der Waals surface area contributed by atoms with E-state index >= 15 is 0 Å². The number of carbonyl (C=O) groups is 1. The van der Waals surface area contributed by atoms with E-state index in [0.29, 0.717) is 0 Å². The number of hydrogen-bond donors (Lipinski definition) is 3. The molecule has 12 heavy (non-hydrogen) atoms. The normalized spacial score (nSPS) is 13.7. The molecule has 0 saturated heterocycles. The summed E-state index contributed by atoms with van der Waals surface area (Å²) in [5, 5.41) is 19.7. The van der Waals surface area contributed by atoms with Crippen LogP contribution >= 0.6 is 15.9 Å². The van der Waals surface area contributed by atoms with Crippen LogP contribution in [-0.2, 0) is 4.79 Å². The second-order valence-electron chi connectivity index (χ2n) is 3.34. The van der Waals surface area contributed by atoms with Crippen molar-refractivity contribution in [3.8, 4) is 0 Å². The molecule has 0 saturated carbocycles. The van der Waals surface area contributed by atoms with Gasteiger partial charge in [0.25, 0.3) is 0 Å². The van der Waals surface area contributed by atoms with Crippen LogP contribution in [0.1, 0.15) is 20.8 Å². The van der Waals surface area contributed by atoms with Gasteiger partial charge in [0.15, 0.2) is 0 Å². The molecule has 0 bridgehead atoms. The fourth-order valence-corrected chi connectivity index (χ4v) is 0.446. The molecule has 0 aliphatic carbocycles. The molecule has 0 unspecified atom stereocenters. The van der Waals surface area contributed by atoms with Crippen LogP contribution in [0.2, 0.25) is 0 Å². The minimum absolute atomic E-state index is 0.369. The summed E-state index contributed by atoms with van der Waals surface area (Å²) in [7, 11) is 0. The van der Waals surface area contributed by atoms with E-state index in [4.69, 9.17) is 10.2 Å². The summed E-state index contributed by atoms with van der Waals surface area (Å²) in [5.74, 6) is -0.944. The standard InChI is InChI=1S/C7H12BrNO3/c1-7(2,3)6(12)9-5(11)4(8)10/h10-11H,1-3H3,(H,9,12)/b5-4-. The fraction of sp³-hybridized carbons (Fsp3) is 0.571. The van der Waals surface area contributed by atoms with Gasteiger partial charge in [0.2, 0.25) is 16.5 Å². The largest absolute Gasteiger partial charge is 0.498 e. The minimum Gasteiger partial charge on any atom is -0.498 e. The molecule has 4 nitrogen and oxygen atoms in total. The Morgan fingerprint density at radius 3 is 2.00 bits per heavy atom. The number of amides is 1. The number of halogens is 1. The SMILES string of the molecule is CC(C)(C)C(=O)N/C(O)=C(/O)Br. The molecule has 70 valence electrons. The molecule has 0 aliphatic rings. The Kier molecular flexibility index (Phi) is 3.57. The second-order valence-corrected chi connectivity index (χ2v) is 4.09. The van der Waals surface area contributed by atoms with E-state index in [0.717, 1.165) is 0 Å². The van der Waals surface area contributed by atoms with Crippen LogP contribution in [0, 0.1) is 5.41 Å². The van der Waals surface area contributed by atoms with E-state index in [1.807, 2.05) is 0 Å². The lowest BCUT2D eigenvalue weighted by molar-refractivity contribution is -0.128. The average molecular weight is 238 g/mol. The Hall–Kier alpha value is -0.710. The zero-order valence-corrected chi connectivity index (χ0v) is 8.77. The summed E-state index contributed by atoms with van der Waals surface area (Å²) in [6.07, 6.45) is 0. The first-order valence-electron chi connectivity index (χ1n) is 3.34. The quantitative estimate of drug-likeness (QED) is 0.610. The molecule has 5 heteroatoms. The molecule has 0 spiro atoms. The number of rotatable bonds is 1. The summed E-state index contributed by atoms with van der Waals surface area (Å²) in [4.78, 5) is 11.1. The maximum atomic E-state index is 11.1. The molecular formula is C7H12BrNO3. The maximum Gasteiger partial charge on any atom is 0.242 e. The molecule has 0 aromatic carbocycles. The predicted molar refractivity (Wildman–Crippen MR) is 48.8 cm³/mol. The van der Waals surface area contributed by atoms with Crippen LogP contribution in [0.5, 0.6) is 0 Å².